The molecule has 6 nitrogen and oxygen atoms in total. The average molecular weight is 325 g/mol. The molecule has 22 heavy (non-hydrogen) atoms. The lowest BCUT2D eigenvalue weighted by Crippen LogP contribution is -2.27. The van der Waals surface area contributed by atoms with Crippen molar-refractivity contribution in [1.82, 2.24) is 5.32 Å². The normalized spacial score (nSPS) is 19.7. The smallest absolute Gasteiger partial charge is 0.335 e. The summed E-state index contributed by atoms with van der Waals surface area (Å²) >= 11 is 0. The summed E-state index contributed by atoms with van der Waals surface area (Å²) < 4.78 is 22.7. The molecule has 0 aromatic heterocycles. The minimum atomic E-state index is -2.95. The molecule has 1 heterocycles. The Bertz CT molecular complexity index is 668. The predicted molar refractivity (Wildman–Crippen MR) is 81.5 cm³/mol. The van der Waals surface area contributed by atoms with Gasteiger partial charge in [-0.25, -0.2) is 13.2 Å². The van der Waals surface area contributed by atoms with E-state index in [0.717, 1.165) is 5.56 Å². The van der Waals surface area contributed by atoms with Crippen LogP contribution in [-0.4, -0.2) is 43.5 Å². The molecule has 2 rings (SSSR count). The van der Waals surface area contributed by atoms with E-state index >= 15 is 0 Å². The van der Waals surface area contributed by atoms with Gasteiger partial charge in [0.25, 0.3) is 0 Å². The molecule has 1 aromatic carbocycles. The third-order valence-electron chi connectivity index (χ3n) is 3.71. The maximum absolute atomic E-state index is 11.8. The highest BCUT2D eigenvalue weighted by molar-refractivity contribution is 7.91. The number of carbonyl (C=O) groups is 2. The summed E-state index contributed by atoms with van der Waals surface area (Å²) in [4.78, 5) is 22.6. The van der Waals surface area contributed by atoms with Gasteiger partial charge in [0.1, 0.15) is 0 Å². The van der Waals surface area contributed by atoms with Crippen molar-refractivity contribution in [1.29, 1.82) is 0 Å². The second kappa shape index (κ2) is 6.91. The zero-order chi connectivity index (χ0) is 16.2. The van der Waals surface area contributed by atoms with Crippen molar-refractivity contribution in [3.05, 3.63) is 35.4 Å². The summed E-state index contributed by atoms with van der Waals surface area (Å²) in [6.07, 6.45) is 1.32. The van der Waals surface area contributed by atoms with Crippen LogP contribution in [-0.2, 0) is 21.1 Å². The highest BCUT2D eigenvalue weighted by atomic mass is 32.2. The number of benzene rings is 1. The topological polar surface area (TPSA) is 101 Å². The van der Waals surface area contributed by atoms with Crippen molar-refractivity contribution >= 4 is 21.7 Å². The number of carboxylic acids is 1. The molecule has 1 amide bonds. The maximum atomic E-state index is 11.8. The highest BCUT2D eigenvalue weighted by Crippen LogP contribution is 2.21. The summed E-state index contributed by atoms with van der Waals surface area (Å²) in [6.45, 7) is 0.404. The molecular weight excluding hydrogens is 306 g/mol. The first-order chi connectivity index (χ1) is 10.4. The number of hydrogen-bond donors (Lipinski definition) is 2. The molecule has 1 aliphatic heterocycles. The van der Waals surface area contributed by atoms with Crippen LogP contribution >= 0.6 is 0 Å². The Morgan fingerprint density at radius 1 is 1.32 bits per heavy atom. The number of rotatable bonds is 6. The van der Waals surface area contributed by atoms with Gasteiger partial charge in [0.2, 0.25) is 5.91 Å². The van der Waals surface area contributed by atoms with Gasteiger partial charge in [0.05, 0.1) is 17.1 Å². The van der Waals surface area contributed by atoms with E-state index in [1.54, 1.807) is 12.1 Å². The Labute approximate surface area is 129 Å². The molecule has 0 spiro atoms. The molecule has 1 saturated heterocycles. The van der Waals surface area contributed by atoms with Crippen molar-refractivity contribution in [2.24, 2.45) is 5.92 Å². The fourth-order valence-corrected chi connectivity index (χ4v) is 4.44. The average Bonchev–Trinajstić information content (AvgIpc) is 2.78. The highest BCUT2D eigenvalue weighted by Gasteiger charge is 2.29. The van der Waals surface area contributed by atoms with Crippen LogP contribution in [0.1, 0.15) is 28.8 Å². The fourth-order valence-electron chi connectivity index (χ4n) is 2.57. The first-order valence-corrected chi connectivity index (χ1v) is 8.97. The van der Waals surface area contributed by atoms with E-state index in [4.69, 9.17) is 5.11 Å². The van der Waals surface area contributed by atoms with E-state index in [1.807, 2.05) is 6.07 Å². The lowest BCUT2D eigenvalue weighted by molar-refractivity contribution is -0.121. The monoisotopic (exact) mass is 325 g/mol. The standard InChI is InChI=1S/C15H19NO5S/c17-14(9-12-5-7-22(20,21)10-12)16-6-4-11-2-1-3-13(8-11)15(18)19/h1-3,8,12H,4-7,9-10H2,(H,16,17)(H,18,19). The minimum Gasteiger partial charge on any atom is -0.478 e. The van der Waals surface area contributed by atoms with E-state index in [0.29, 0.717) is 19.4 Å². The predicted octanol–water partition coefficient (Wildman–Crippen LogP) is 0.868. The summed E-state index contributed by atoms with van der Waals surface area (Å²) in [5.74, 6) is -0.946. The van der Waals surface area contributed by atoms with Crippen LogP contribution in [0.5, 0.6) is 0 Å². The second-order valence-electron chi connectivity index (χ2n) is 5.58. The molecule has 0 radical (unpaired) electrons. The van der Waals surface area contributed by atoms with Crippen molar-refractivity contribution in [2.45, 2.75) is 19.3 Å². The minimum absolute atomic E-state index is 0.0830. The summed E-state index contributed by atoms with van der Waals surface area (Å²) in [5, 5.41) is 11.7. The zero-order valence-electron chi connectivity index (χ0n) is 12.1. The summed E-state index contributed by atoms with van der Waals surface area (Å²) in [5.41, 5.74) is 1.06. The van der Waals surface area contributed by atoms with Gasteiger partial charge in [-0.2, -0.15) is 0 Å². The van der Waals surface area contributed by atoms with Crippen molar-refractivity contribution in [2.75, 3.05) is 18.1 Å². The van der Waals surface area contributed by atoms with E-state index in [1.165, 1.54) is 6.07 Å². The van der Waals surface area contributed by atoms with Gasteiger partial charge in [0, 0.05) is 13.0 Å². The Morgan fingerprint density at radius 2 is 2.09 bits per heavy atom. The number of nitrogens with one attached hydrogen (secondary N) is 1. The Morgan fingerprint density at radius 3 is 2.73 bits per heavy atom. The molecule has 2 N–H and O–H groups in total. The van der Waals surface area contributed by atoms with E-state index in [2.05, 4.69) is 5.32 Å². The quantitative estimate of drug-likeness (QED) is 0.808. The van der Waals surface area contributed by atoms with Gasteiger partial charge in [-0.05, 0) is 36.5 Å². The number of sulfone groups is 1. The van der Waals surface area contributed by atoms with Crippen molar-refractivity contribution < 1.29 is 23.1 Å². The number of carbonyl (C=O) groups excluding carboxylic acids is 1. The van der Waals surface area contributed by atoms with Crippen LogP contribution in [0.2, 0.25) is 0 Å². The maximum Gasteiger partial charge on any atom is 0.335 e. The molecule has 1 atom stereocenters. The zero-order valence-corrected chi connectivity index (χ0v) is 12.9. The van der Waals surface area contributed by atoms with E-state index < -0.39 is 15.8 Å². The molecule has 1 aliphatic rings. The van der Waals surface area contributed by atoms with Gasteiger partial charge in [-0.3, -0.25) is 4.79 Å². The van der Waals surface area contributed by atoms with Crippen LogP contribution in [0, 0.1) is 5.92 Å². The van der Waals surface area contributed by atoms with Crippen molar-refractivity contribution in [3.63, 3.8) is 0 Å². The third-order valence-corrected chi connectivity index (χ3v) is 5.55. The molecular formula is C15H19NO5S. The molecule has 7 heteroatoms. The molecule has 0 saturated carbocycles. The number of carboxylic acid groups (broad SMARTS) is 1. The van der Waals surface area contributed by atoms with Gasteiger partial charge < -0.3 is 10.4 Å². The summed E-state index contributed by atoms with van der Waals surface area (Å²) in [6, 6.07) is 6.58. The molecule has 120 valence electrons. The van der Waals surface area contributed by atoms with E-state index in [9.17, 15) is 18.0 Å². The second-order valence-corrected chi connectivity index (χ2v) is 7.81. The van der Waals surface area contributed by atoms with Crippen LogP contribution < -0.4 is 5.32 Å². The van der Waals surface area contributed by atoms with E-state index in [-0.39, 0.29) is 35.3 Å². The van der Waals surface area contributed by atoms with Gasteiger partial charge in [0.15, 0.2) is 9.84 Å². The first-order valence-electron chi connectivity index (χ1n) is 7.15. The Hall–Kier alpha value is -1.89. The largest absolute Gasteiger partial charge is 0.478 e. The summed E-state index contributed by atoms with van der Waals surface area (Å²) in [7, 11) is -2.95. The number of aromatic carboxylic acids is 1. The SMILES string of the molecule is O=C(CC1CCS(=O)(=O)C1)NCCc1cccc(C(=O)O)c1. The molecule has 1 fully saturated rings. The Kier molecular flexibility index (Phi) is 5.18. The van der Waals surface area contributed by atoms with Gasteiger partial charge in [-0.1, -0.05) is 12.1 Å². The molecule has 1 unspecified atom stereocenters. The first kappa shape index (κ1) is 16.5. The van der Waals surface area contributed by atoms with Crippen LogP contribution in [0.25, 0.3) is 0 Å². The third kappa shape index (κ3) is 4.84. The van der Waals surface area contributed by atoms with Crippen LogP contribution in [0.15, 0.2) is 24.3 Å². The molecule has 0 aliphatic carbocycles. The number of amides is 1. The fraction of sp³-hybridized carbons (Fsp3) is 0.467. The van der Waals surface area contributed by atoms with Gasteiger partial charge in [-0.15, -0.1) is 0 Å². The lowest BCUT2D eigenvalue weighted by Gasteiger charge is -2.09. The van der Waals surface area contributed by atoms with Gasteiger partial charge >= 0.3 is 5.97 Å². The lowest BCUT2D eigenvalue weighted by atomic mass is 10.0. The van der Waals surface area contributed by atoms with Crippen LogP contribution in [0.4, 0.5) is 0 Å². The number of hydrogen-bond acceptors (Lipinski definition) is 4. The Balaban J connectivity index is 1.75. The van der Waals surface area contributed by atoms with Crippen LogP contribution in [0.3, 0.4) is 0 Å². The van der Waals surface area contributed by atoms with Crippen molar-refractivity contribution in [3.8, 4) is 0 Å². The molecule has 1 aromatic rings. The molecule has 0 bridgehead atoms.